The summed E-state index contributed by atoms with van der Waals surface area (Å²) in [5.41, 5.74) is 2.67. The molecule has 7 heteroatoms. The van der Waals surface area contributed by atoms with E-state index in [0.717, 1.165) is 32.5 Å². The highest BCUT2D eigenvalue weighted by molar-refractivity contribution is 7.99. The summed E-state index contributed by atoms with van der Waals surface area (Å²) < 4.78 is 5.48. The van der Waals surface area contributed by atoms with Gasteiger partial charge in [-0.15, -0.1) is 0 Å². The summed E-state index contributed by atoms with van der Waals surface area (Å²) in [5.74, 6) is 0.825. The van der Waals surface area contributed by atoms with E-state index in [1.807, 2.05) is 32.0 Å². The molecule has 2 aromatic heterocycles. The van der Waals surface area contributed by atoms with E-state index in [2.05, 4.69) is 19.9 Å². The second-order valence-corrected chi connectivity index (χ2v) is 5.69. The number of hydrogen-bond donors (Lipinski definition) is 1. The van der Waals surface area contributed by atoms with E-state index in [1.165, 1.54) is 18.1 Å². The summed E-state index contributed by atoms with van der Waals surface area (Å²) in [4.78, 5) is 16.0. The number of nitrogens with one attached hydrogen (secondary N) is 1. The number of benzene rings is 1. The van der Waals surface area contributed by atoms with Crippen molar-refractivity contribution >= 4 is 34.4 Å². The van der Waals surface area contributed by atoms with Gasteiger partial charge in [-0.1, -0.05) is 11.6 Å². The van der Waals surface area contributed by atoms with Gasteiger partial charge in [0.2, 0.25) is 0 Å². The lowest BCUT2D eigenvalue weighted by Gasteiger charge is -2.02. The summed E-state index contributed by atoms with van der Waals surface area (Å²) in [7, 11) is 0. The first-order chi connectivity index (χ1) is 10.2. The van der Waals surface area contributed by atoms with Crippen LogP contribution in [0.5, 0.6) is 5.75 Å². The van der Waals surface area contributed by atoms with E-state index < -0.39 is 0 Å². The Bertz CT molecular complexity index is 790. The quantitative estimate of drug-likeness (QED) is 0.739. The second kappa shape index (κ2) is 5.91. The van der Waals surface area contributed by atoms with Gasteiger partial charge in [0.05, 0.1) is 17.6 Å². The second-order valence-electron chi connectivity index (χ2n) is 4.35. The number of fused-ring (bicyclic) bond motifs is 1. The number of halogens is 1. The molecule has 0 atom stereocenters. The van der Waals surface area contributed by atoms with E-state index in [-0.39, 0.29) is 0 Å². The molecule has 0 fully saturated rings. The van der Waals surface area contributed by atoms with Gasteiger partial charge in [0.15, 0.2) is 5.16 Å². The lowest BCUT2D eigenvalue weighted by molar-refractivity contribution is 0.340. The number of nitrogens with zero attached hydrogens (tertiary/aromatic N) is 3. The molecule has 0 spiro atoms. The third kappa shape index (κ3) is 2.96. The zero-order chi connectivity index (χ0) is 14.8. The SMILES string of the molecule is CCOc1ccc2nc(Sc3ncnc(Cl)c3C)[nH]c2c1. The first kappa shape index (κ1) is 14.2. The molecule has 1 aromatic carbocycles. The summed E-state index contributed by atoms with van der Waals surface area (Å²) in [6.45, 7) is 4.49. The van der Waals surface area contributed by atoms with Crippen molar-refractivity contribution in [2.24, 2.45) is 0 Å². The highest BCUT2D eigenvalue weighted by Crippen LogP contribution is 2.30. The molecule has 108 valence electrons. The number of rotatable bonds is 4. The van der Waals surface area contributed by atoms with Gasteiger partial charge in [-0.25, -0.2) is 15.0 Å². The van der Waals surface area contributed by atoms with Crippen molar-refractivity contribution in [1.82, 2.24) is 19.9 Å². The number of aromatic amines is 1. The number of hydrogen-bond acceptors (Lipinski definition) is 5. The van der Waals surface area contributed by atoms with Gasteiger partial charge in [0.1, 0.15) is 22.3 Å². The number of aromatic nitrogens is 4. The standard InChI is InChI=1S/C14H13ClN4OS/c1-3-20-9-4-5-10-11(6-9)19-14(18-10)21-13-8(2)12(15)16-7-17-13/h4-7H,3H2,1-2H3,(H,18,19). The van der Waals surface area contributed by atoms with E-state index >= 15 is 0 Å². The first-order valence-electron chi connectivity index (χ1n) is 6.45. The predicted molar refractivity (Wildman–Crippen MR) is 83.2 cm³/mol. The third-order valence-corrected chi connectivity index (χ3v) is 4.28. The Hall–Kier alpha value is -1.79. The van der Waals surface area contributed by atoms with Crippen LogP contribution in [-0.2, 0) is 0 Å². The fourth-order valence-electron chi connectivity index (χ4n) is 1.88. The maximum atomic E-state index is 6.00. The smallest absolute Gasteiger partial charge is 0.172 e. The maximum absolute atomic E-state index is 6.00. The zero-order valence-electron chi connectivity index (χ0n) is 11.6. The van der Waals surface area contributed by atoms with Crippen LogP contribution in [0.15, 0.2) is 34.7 Å². The first-order valence-corrected chi connectivity index (χ1v) is 7.64. The number of H-pyrrole nitrogens is 1. The molecule has 0 saturated heterocycles. The minimum Gasteiger partial charge on any atom is -0.494 e. The summed E-state index contributed by atoms with van der Waals surface area (Å²) in [6, 6.07) is 5.78. The molecule has 5 nitrogen and oxygen atoms in total. The van der Waals surface area contributed by atoms with Crippen molar-refractivity contribution in [3.8, 4) is 5.75 Å². The monoisotopic (exact) mass is 320 g/mol. The maximum Gasteiger partial charge on any atom is 0.172 e. The molecule has 3 rings (SSSR count). The molecule has 0 aliphatic heterocycles. The minimum atomic E-state index is 0.460. The molecule has 3 aromatic rings. The summed E-state index contributed by atoms with van der Waals surface area (Å²) >= 11 is 7.43. The van der Waals surface area contributed by atoms with Crippen molar-refractivity contribution in [2.45, 2.75) is 24.0 Å². The van der Waals surface area contributed by atoms with Gasteiger partial charge < -0.3 is 9.72 Å². The van der Waals surface area contributed by atoms with Crippen LogP contribution >= 0.6 is 23.4 Å². The fourth-order valence-corrected chi connectivity index (χ4v) is 2.91. The van der Waals surface area contributed by atoms with Gasteiger partial charge in [-0.3, -0.25) is 0 Å². The molecule has 2 heterocycles. The number of imidazole rings is 1. The van der Waals surface area contributed by atoms with Crippen LogP contribution in [0, 0.1) is 6.92 Å². The molecule has 0 bridgehead atoms. The Balaban J connectivity index is 1.92. The zero-order valence-corrected chi connectivity index (χ0v) is 13.1. The van der Waals surface area contributed by atoms with Gasteiger partial charge in [-0.05, 0) is 37.7 Å². The normalized spacial score (nSPS) is 11.0. The van der Waals surface area contributed by atoms with E-state index in [1.54, 1.807) is 0 Å². The Morgan fingerprint density at radius 2 is 2.19 bits per heavy atom. The van der Waals surface area contributed by atoms with Crippen LogP contribution in [0.25, 0.3) is 11.0 Å². The summed E-state index contributed by atoms with van der Waals surface area (Å²) in [5, 5.41) is 2.01. The molecule has 0 saturated carbocycles. The highest BCUT2D eigenvalue weighted by Gasteiger charge is 2.10. The Morgan fingerprint density at radius 1 is 1.33 bits per heavy atom. The Kier molecular flexibility index (Phi) is 3.98. The van der Waals surface area contributed by atoms with Crippen molar-refractivity contribution in [1.29, 1.82) is 0 Å². The molecule has 0 amide bonds. The fraction of sp³-hybridized carbons (Fsp3) is 0.214. The third-order valence-electron chi connectivity index (χ3n) is 2.91. The molecular formula is C14H13ClN4OS. The predicted octanol–water partition coefficient (Wildman–Crippen LogP) is 3.86. The van der Waals surface area contributed by atoms with Crippen molar-refractivity contribution in [3.05, 3.63) is 35.2 Å². The van der Waals surface area contributed by atoms with Gasteiger partial charge in [0.25, 0.3) is 0 Å². The average Bonchev–Trinajstić information content (AvgIpc) is 2.86. The van der Waals surface area contributed by atoms with Crippen molar-refractivity contribution < 1.29 is 4.74 Å². The largest absolute Gasteiger partial charge is 0.494 e. The molecule has 1 N–H and O–H groups in total. The van der Waals surface area contributed by atoms with Crippen molar-refractivity contribution in [2.75, 3.05) is 6.61 Å². The average molecular weight is 321 g/mol. The Morgan fingerprint density at radius 3 is 3.00 bits per heavy atom. The number of ether oxygens (including phenoxy) is 1. The lowest BCUT2D eigenvalue weighted by Crippen LogP contribution is -1.90. The topological polar surface area (TPSA) is 63.7 Å². The highest BCUT2D eigenvalue weighted by atomic mass is 35.5. The molecule has 0 radical (unpaired) electrons. The molecule has 21 heavy (non-hydrogen) atoms. The molecular weight excluding hydrogens is 308 g/mol. The Labute approximate surface area is 131 Å². The van der Waals surface area contributed by atoms with E-state index in [0.29, 0.717) is 11.8 Å². The van der Waals surface area contributed by atoms with Crippen LogP contribution in [0.1, 0.15) is 12.5 Å². The summed E-state index contributed by atoms with van der Waals surface area (Å²) in [6.07, 6.45) is 1.45. The van der Waals surface area contributed by atoms with E-state index in [4.69, 9.17) is 16.3 Å². The van der Waals surface area contributed by atoms with Crippen LogP contribution in [0.3, 0.4) is 0 Å². The van der Waals surface area contributed by atoms with E-state index in [9.17, 15) is 0 Å². The van der Waals surface area contributed by atoms with Crippen LogP contribution in [-0.4, -0.2) is 26.5 Å². The lowest BCUT2D eigenvalue weighted by atomic mass is 10.3. The molecule has 0 aliphatic rings. The van der Waals surface area contributed by atoms with Gasteiger partial charge in [-0.2, -0.15) is 0 Å². The van der Waals surface area contributed by atoms with Crippen LogP contribution < -0.4 is 4.74 Å². The van der Waals surface area contributed by atoms with Gasteiger partial charge >= 0.3 is 0 Å². The minimum absolute atomic E-state index is 0.460. The van der Waals surface area contributed by atoms with Crippen molar-refractivity contribution in [3.63, 3.8) is 0 Å². The van der Waals surface area contributed by atoms with Gasteiger partial charge in [0, 0.05) is 11.6 Å². The van der Waals surface area contributed by atoms with Crippen LogP contribution in [0.2, 0.25) is 5.15 Å². The molecule has 0 aliphatic carbocycles. The molecule has 0 unspecified atom stereocenters. The van der Waals surface area contributed by atoms with Crippen LogP contribution in [0.4, 0.5) is 0 Å².